The molecule has 0 bridgehead atoms. The zero-order valence-electron chi connectivity index (χ0n) is 15.8. The van der Waals surface area contributed by atoms with Gasteiger partial charge in [0.15, 0.2) is 0 Å². The number of rotatable bonds is 6. The number of carbonyl (C=O) groups is 1. The van der Waals surface area contributed by atoms with Gasteiger partial charge in [-0.15, -0.1) is 0 Å². The lowest BCUT2D eigenvalue weighted by Crippen LogP contribution is -2.50. The second-order valence-electron chi connectivity index (χ2n) is 7.93. The Morgan fingerprint density at radius 2 is 2.27 bits per heavy atom. The van der Waals surface area contributed by atoms with E-state index < -0.39 is 0 Å². The summed E-state index contributed by atoms with van der Waals surface area (Å²) < 4.78 is 5.44. The number of ether oxygens (including phenoxy) is 1. The van der Waals surface area contributed by atoms with Crippen molar-refractivity contribution in [3.8, 4) is 0 Å². The van der Waals surface area contributed by atoms with Gasteiger partial charge in [0.2, 0.25) is 5.91 Å². The van der Waals surface area contributed by atoms with Crippen LogP contribution in [0.1, 0.15) is 48.9 Å². The highest BCUT2D eigenvalue weighted by Crippen LogP contribution is 2.46. The standard InChI is InChI=1S/C21H29N3O2/c1-3-7-24-11-13(9-20(22)25)8-15-14-5-4-6-17-21(14)16(10-19(15)24)18(23-17)12-26-2/h4-6,13,15,19,23H,3,7-12H2,1-2H3,(H2,22,25)/t13-,15?,19+/m0/s1. The fraction of sp³-hybridized carbons (Fsp3) is 0.571. The summed E-state index contributed by atoms with van der Waals surface area (Å²) in [7, 11) is 1.75. The van der Waals surface area contributed by atoms with E-state index in [4.69, 9.17) is 10.5 Å². The summed E-state index contributed by atoms with van der Waals surface area (Å²) in [6.07, 6.45) is 3.73. The normalized spacial score (nSPS) is 25.4. The van der Waals surface area contributed by atoms with Crippen molar-refractivity contribution in [1.82, 2.24) is 9.88 Å². The summed E-state index contributed by atoms with van der Waals surface area (Å²) in [5, 5.41) is 1.39. The number of primary amides is 1. The topological polar surface area (TPSA) is 71.3 Å². The molecule has 4 rings (SSSR count). The van der Waals surface area contributed by atoms with E-state index in [0.29, 0.717) is 30.9 Å². The largest absolute Gasteiger partial charge is 0.378 e. The van der Waals surface area contributed by atoms with Crippen molar-refractivity contribution in [3.05, 3.63) is 35.0 Å². The molecule has 26 heavy (non-hydrogen) atoms. The number of hydrogen-bond donors (Lipinski definition) is 2. The van der Waals surface area contributed by atoms with Gasteiger partial charge in [-0.1, -0.05) is 19.1 Å². The smallest absolute Gasteiger partial charge is 0.217 e. The first-order chi connectivity index (χ1) is 12.6. The molecule has 1 amide bonds. The summed E-state index contributed by atoms with van der Waals surface area (Å²) >= 11 is 0. The zero-order chi connectivity index (χ0) is 18.3. The summed E-state index contributed by atoms with van der Waals surface area (Å²) in [4.78, 5) is 17.7. The van der Waals surface area contributed by atoms with Crippen LogP contribution in [-0.2, 0) is 22.6 Å². The maximum absolute atomic E-state index is 11.5. The number of carbonyl (C=O) groups excluding carboxylic acids is 1. The molecule has 0 radical (unpaired) electrons. The molecule has 1 saturated heterocycles. The van der Waals surface area contributed by atoms with Crippen molar-refractivity contribution in [2.75, 3.05) is 20.2 Å². The highest BCUT2D eigenvalue weighted by molar-refractivity contribution is 5.89. The van der Waals surface area contributed by atoms with Gasteiger partial charge in [-0.05, 0) is 48.9 Å². The monoisotopic (exact) mass is 355 g/mol. The van der Waals surface area contributed by atoms with Gasteiger partial charge in [-0.2, -0.15) is 0 Å². The number of hydrogen-bond acceptors (Lipinski definition) is 3. The third kappa shape index (κ3) is 2.93. The molecule has 5 heteroatoms. The molecule has 1 fully saturated rings. The third-order valence-electron chi connectivity index (χ3n) is 6.16. The van der Waals surface area contributed by atoms with Gasteiger partial charge in [0.05, 0.1) is 6.61 Å². The van der Waals surface area contributed by atoms with Crippen LogP contribution in [-0.4, -0.2) is 42.0 Å². The fourth-order valence-electron chi connectivity index (χ4n) is 5.31. The van der Waals surface area contributed by atoms with E-state index in [-0.39, 0.29) is 5.91 Å². The highest BCUT2D eigenvalue weighted by atomic mass is 16.5. The molecule has 3 N–H and O–H groups in total. The van der Waals surface area contributed by atoms with E-state index >= 15 is 0 Å². The van der Waals surface area contributed by atoms with Crippen LogP contribution in [0.3, 0.4) is 0 Å². The van der Waals surface area contributed by atoms with Crippen LogP contribution < -0.4 is 5.73 Å². The third-order valence-corrected chi connectivity index (χ3v) is 6.16. The lowest BCUT2D eigenvalue weighted by atomic mass is 9.71. The summed E-state index contributed by atoms with van der Waals surface area (Å²) in [5.74, 6) is 0.653. The number of methoxy groups -OCH3 is 1. The Morgan fingerprint density at radius 3 is 3.00 bits per heavy atom. The molecule has 0 spiro atoms. The number of nitrogens with two attached hydrogens (primary N) is 1. The molecule has 2 heterocycles. The number of fused-ring (bicyclic) bond motifs is 2. The van der Waals surface area contributed by atoms with Crippen LogP contribution in [0.25, 0.3) is 10.9 Å². The van der Waals surface area contributed by atoms with Crippen molar-refractivity contribution in [2.24, 2.45) is 11.7 Å². The van der Waals surface area contributed by atoms with Gasteiger partial charge in [0.1, 0.15) is 0 Å². The number of aromatic amines is 1. The summed E-state index contributed by atoms with van der Waals surface area (Å²) in [5.41, 5.74) is 10.8. The number of amides is 1. The van der Waals surface area contributed by atoms with Crippen LogP contribution in [0.5, 0.6) is 0 Å². The zero-order valence-corrected chi connectivity index (χ0v) is 15.8. The van der Waals surface area contributed by atoms with Crippen LogP contribution >= 0.6 is 0 Å². The second kappa shape index (κ2) is 7.05. The fourth-order valence-corrected chi connectivity index (χ4v) is 5.31. The molecular weight excluding hydrogens is 326 g/mol. The minimum atomic E-state index is -0.177. The summed E-state index contributed by atoms with van der Waals surface area (Å²) in [6, 6.07) is 7.10. The van der Waals surface area contributed by atoms with Gasteiger partial charge < -0.3 is 15.5 Å². The molecule has 2 aliphatic rings. The predicted molar refractivity (Wildman–Crippen MR) is 103 cm³/mol. The molecule has 5 nitrogen and oxygen atoms in total. The van der Waals surface area contributed by atoms with E-state index in [1.807, 2.05) is 0 Å². The van der Waals surface area contributed by atoms with Crippen molar-refractivity contribution in [1.29, 1.82) is 0 Å². The molecule has 140 valence electrons. The molecule has 0 saturated carbocycles. The van der Waals surface area contributed by atoms with Crippen molar-refractivity contribution < 1.29 is 9.53 Å². The Kier molecular flexibility index (Phi) is 4.76. The number of piperidine rings is 1. The lowest BCUT2D eigenvalue weighted by Gasteiger charge is -2.47. The lowest BCUT2D eigenvalue weighted by molar-refractivity contribution is -0.119. The van der Waals surface area contributed by atoms with Gasteiger partial charge in [0, 0.05) is 48.6 Å². The molecule has 1 unspecified atom stereocenters. The number of nitrogens with one attached hydrogen (secondary N) is 1. The molecule has 1 aromatic heterocycles. The molecular formula is C21H29N3O2. The highest BCUT2D eigenvalue weighted by Gasteiger charge is 2.41. The molecule has 1 aliphatic heterocycles. The maximum Gasteiger partial charge on any atom is 0.217 e. The molecule has 1 aliphatic carbocycles. The average Bonchev–Trinajstić information content (AvgIpc) is 2.95. The first-order valence-corrected chi connectivity index (χ1v) is 9.76. The Labute approximate surface area is 154 Å². The van der Waals surface area contributed by atoms with E-state index in [0.717, 1.165) is 32.4 Å². The van der Waals surface area contributed by atoms with Gasteiger partial charge in [-0.3, -0.25) is 9.69 Å². The van der Waals surface area contributed by atoms with Crippen LogP contribution in [0.15, 0.2) is 18.2 Å². The minimum absolute atomic E-state index is 0.177. The van der Waals surface area contributed by atoms with E-state index in [1.165, 1.54) is 27.7 Å². The number of aromatic nitrogens is 1. The van der Waals surface area contributed by atoms with Crippen molar-refractivity contribution in [2.45, 2.75) is 51.2 Å². The predicted octanol–water partition coefficient (Wildman–Crippen LogP) is 2.93. The van der Waals surface area contributed by atoms with E-state index in [1.54, 1.807) is 7.11 Å². The van der Waals surface area contributed by atoms with Crippen molar-refractivity contribution in [3.63, 3.8) is 0 Å². The Hall–Kier alpha value is -1.85. The van der Waals surface area contributed by atoms with E-state index in [9.17, 15) is 4.79 Å². The first kappa shape index (κ1) is 17.6. The number of H-pyrrole nitrogens is 1. The van der Waals surface area contributed by atoms with Gasteiger partial charge >= 0.3 is 0 Å². The Balaban J connectivity index is 1.77. The average molecular weight is 355 g/mol. The minimum Gasteiger partial charge on any atom is -0.378 e. The van der Waals surface area contributed by atoms with Crippen LogP contribution in [0, 0.1) is 5.92 Å². The summed E-state index contributed by atoms with van der Waals surface area (Å²) in [6.45, 7) is 4.91. The maximum atomic E-state index is 11.5. The SMILES string of the molecule is CCCN1C[C@H](CC(N)=O)CC2c3cccc4[nH]c(COC)c(c34)C[C@H]21. The Morgan fingerprint density at radius 1 is 1.42 bits per heavy atom. The number of nitrogens with zero attached hydrogens (tertiary/aromatic N) is 1. The van der Waals surface area contributed by atoms with Gasteiger partial charge in [0.25, 0.3) is 0 Å². The second-order valence-corrected chi connectivity index (χ2v) is 7.93. The quantitative estimate of drug-likeness (QED) is 0.837. The van der Waals surface area contributed by atoms with Crippen LogP contribution in [0.2, 0.25) is 0 Å². The van der Waals surface area contributed by atoms with E-state index in [2.05, 4.69) is 35.0 Å². The van der Waals surface area contributed by atoms with Crippen LogP contribution in [0.4, 0.5) is 0 Å². The molecule has 3 atom stereocenters. The molecule has 1 aromatic carbocycles. The van der Waals surface area contributed by atoms with Crippen molar-refractivity contribution >= 4 is 16.8 Å². The first-order valence-electron chi connectivity index (χ1n) is 9.76. The van der Waals surface area contributed by atoms with Gasteiger partial charge in [-0.25, -0.2) is 0 Å². The Bertz CT molecular complexity index is 813. The molecule has 2 aromatic rings. The number of benzene rings is 1. The number of likely N-dealkylation sites (tertiary alicyclic amines) is 1.